The molecule has 148 valence electrons. The van der Waals surface area contributed by atoms with Crippen LogP contribution in [0.25, 0.3) is 21.0 Å². The van der Waals surface area contributed by atoms with Crippen molar-refractivity contribution < 1.29 is 9.90 Å². The van der Waals surface area contributed by atoms with Gasteiger partial charge in [0.2, 0.25) is 0 Å². The van der Waals surface area contributed by atoms with E-state index in [1.165, 1.54) is 16.2 Å². The quantitative estimate of drug-likeness (QED) is 0.506. The van der Waals surface area contributed by atoms with Crippen LogP contribution in [-0.2, 0) is 4.79 Å². The van der Waals surface area contributed by atoms with Crippen molar-refractivity contribution in [3.8, 4) is 0 Å². The Kier molecular flexibility index (Phi) is 4.66. The second-order valence-corrected chi connectivity index (χ2v) is 8.44. The lowest BCUT2D eigenvalue weighted by Crippen LogP contribution is -2.49. The van der Waals surface area contributed by atoms with E-state index in [-0.39, 0.29) is 0 Å². The van der Waals surface area contributed by atoms with Crippen LogP contribution in [0.5, 0.6) is 0 Å². The zero-order valence-electron chi connectivity index (χ0n) is 15.5. The van der Waals surface area contributed by atoms with Crippen LogP contribution >= 0.6 is 23.1 Å². The van der Waals surface area contributed by atoms with Gasteiger partial charge in [-0.05, 0) is 35.8 Å². The number of nitrogens with zero attached hydrogens (tertiary/aromatic N) is 3. The molecule has 6 nitrogen and oxygen atoms in total. The van der Waals surface area contributed by atoms with Crippen LogP contribution in [-0.4, -0.2) is 51.5 Å². The fraction of sp³-hybridized carbons (Fsp3) is 0.238. The maximum atomic E-state index is 12.2. The van der Waals surface area contributed by atoms with E-state index in [2.05, 4.69) is 26.4 Å². The third-order valence-electron chi connectivity index (χ3n) is 5.54. The molecule has 1 atom stereocenters. The minimum absolute atomic E-state index is 0.627. The molecule has 2 N–H and O–H groups in total. The van der Waals surface area contributed by atoms with Crippen molar-refractivity contribution in [3.63, 3.8) is 0 Å². The number of hydrogen-bond acceptors (Lipinski definition) is 5. The van der Waals surface area contributed by atoms with Crippen molar-refractivity contribution in [2.45, 2.75) is 6.04 Å². The number of halogens is 1. The first-order valence-corrected chi connectivity index (χ1v) is 10.6. The predicted octanol–water partition coefficient (Wildman–Crippen LogP) is 4.38. The fourth-order valence-electron chi connectivity index (χ4n) is 4.13. The number of carboxylic acids is 1. The molecular formula is C21H19ClN4O2S. The van der Waals surface area contributed by atoms with Gasteiger partial charge in [-0.3, -0.25) is 9.69 Å². The van der Waals surface area contributed by atoms with Crippen LogP contribution in [0.4, 0.5) is 5.82 Å². The van der Waals surface area contributed by atoms with Gasteiger partial charge in [0, 0.05) is 59.3 Å². The molecule has 0 unspecified atom stereocenters. The topological polar surface area (TPSA) is 72.5 Å². The Labute approximate surface area is 176 Å². The molecule has 4 aromatic rings. The molecule has 1 saturated heterocycles. The summed E-state index contributed by atoms with van der Waals surface area (Å²) in [5.74, 6) is 0.160. The maximum absolute atomic E-state index is 12.2. The highest BCUT2D eigenvalue weighted by Gasteiger charge is 2.32. The van der Waals surface area contributed by atoms with Crippen LogP contribution in [0, 0.1) is 0 Å². The first kappa shape index (κ1) is 18.4. The zero-order valence-corrected chi connectivity index (χ0v) is 17.1. The van der Waals surface area contributed by atoms with E-state index >= 15 is 0 Å². The molecule has 1 fully saturated rings. The minimum Gasteiger partial charge on any atom is -0.480 e. The second kappa shape index (κ2) is 7.33. The van der Waals surface area contributed by atoms with Gasteiger partial charge in [0.1, 0.15) is 11.9 Å². The van der Waals surface area contributed by atoms with Crippen molar-refractivity contribution >= 4 is 55.9 Å². The third kappa shape index (κ3) is 3.25. The molecular weight excluding hydrogens is 408 g/mol. The summed E-state index contributed by atoms with van der Waals surface area (Å²) in [6.45, 7) is 2.80. The van der Waals surface area contributed by atoms with E-state index in [4.69, 9.17) is 11.6 Å². The van der Waals surface area contributed by atoms with Gasteiger partial charge < -0.3 is 15.0 Å². The number of hydrogen-bond donors (Lipinski definition) is 2. The van der Waals surface area contributed by atoms with E-state index in [0.717, 1.165) is 40.8 Å². The summed E-state index contributed by atoms with van der Waals surface area (Å²) in [7, 11) is 0. The Hall–Kier alpha value is -2.61. The molecule has 3 heterocycles. The normalized spacial score (nSPS) is 16.5. The number of aromatic amines is 1. The average molecular weight is 427 g/mol. The van der Waals surface area contributed by atoms with E-state index in [9.17, 15) is 9.90 Å². The monoisotopic (exact) mass is 426 g/mol. The largest absolute Gasteiger partial charge is 0.480 e. The standard InChI is InChI=1S/C21H19ClN4O2S/c22-13-5-6-14-16(12-23-17(14)11-13)19(21(27)28)25-7-9-26(10-8-25)20-15-3-1-2-4-18(15)29-24-20/h1-6,11-12,19,23H,7-10H2,(H,27,28)/t19-/m0/s1. The molecule has 0 bridgehead atoms. The summed E-state index contributed by atoms with van der Waals surface area (Å²) in [6, 6.07) is 13.0. The minimum atomic E-state index is -0.839. The number of carboxylic acid groups (broad SMARTS) is 1. The van der Waals surface area contributed by atoms with Gasteiger partial charge in [0.05, 0.1) is 4.70 Å². The average Bonchev–Trinajstić information content (AvgIpc) is 3.33. The highest BCUT2D eigenvalue weighted by atomic mass is 35.5. The van der Waals surface area contributed by atoms with Gasteiger partial charge in [0.25, 0.3) is 0 Å². The first-order chi connectivity index (χ1) is 14.1. The maximum Gasteiger partial charge on any atom is 0.325 e. The number of carbonyl (C=O) groups is 1. The Morgan fingerprint density at radius 1 is 1.14 bits per heavy atom. The molecule has 1 aliphatic heterocycles. The summed E-state index contributed by atoms with van der Waals surface area (Å²) in [5.41, 5.74) is 1.63. The van der Waals surface area contributed by atoms with Crippen molar-refractivity contribution in [1.29, 1.82) is 0 Å². The van der Waals surface area contributed by atoms with Crippen molar-refractivity contribution in [1.82, 2.24) is 14.3 Å². The van der Waals surface area contributed by atoms with Gasteiger partial charge in [-0.1, -0.05) is 29.8 Å². The van der Waals surface area contributed by atoms with Crippen LogP contribution in [0.3, 0.4) is 0 Å². The molecule has 0 spiro atoms. The molecule has 0 amide bonds. The number of aromatic nitrogens is 2. The van der Waals surface area contributed by atoms with Gasteiger partial charge in [-0.25, -0.2) is 0 Å². The highest BCUT2D eigenvalue weighted by molar-refractivity contribution is 7.13. The fourth-order valence-corrected chi connectivity index (χ4v) is 5.09. The Morgan fingerprint density at radius 3 is 2.72 bits per heavy atom. The first-order valence-electron chi connectivity index (χ1n) is 9.44. The molecule has 29 heavy (non-hydrogen) atoms. The van der Waals surface area contributed by atoms with E-state index in [0.29, 0.717) is 18.1 Å². The molecule has 1 aliphatic rings. The van der Waals surface area contributed by atoms with Crippen LogP contribution in [0.2, 0.25) is 5.02 Å². The summed E-state index contributed by atoms with van der Waals surface area (Å²) in [5, 5.41) is 12.7. The Morgan fingerprint density at radius 2 is 1.93 bits per heavy atom. The summed E-state index contributed by atoms with van der Waals surface area (Å²) in [4.78, 5) is 19.6. The molecule has 0 saturated carbocycles. The smallest absolute Gasteiger partial charge is 0.325 e. The van der Waals surface area contributed by atoms with E-state index in [1.54, 1.807) is 12.3 Å². The number of anilines is 1. The van der Waals surface area contributed by atoms with Crippen molar-refractivity contribution in [2.75, 3.05) is 31.1 Å². The van der Waals surface area contributed by atoms with E-state index < -0.39 is 12.0 Å². The van der Waals surface area contributed by atoms with Gasteiger partial charge >= 0.3 is 5.97 Å². The van der Waals surface area contributed by atoms with Crippen LogP contribution in [0.1, 0.15) is 11.6 Å². The lowest BCUT2D eigenvalue weighted by molar-refractivity contribution is -0.143. The number of fused-ring (bicyclic) bond motifs is 2. The Balaban J connectivity index is 1.39. The summed E-state index contributed by atoms with van der Waals surface area (Å²) < 4.78 is 5.81. The van der Waals surface area contributed by atoms with Gasteiger partial charge in [-0.2, -0.15) is 4.37 Å². The summed E-state index contributed by atoms with van der Waals surface area (Å²) >= 11 is 7.57. The number of aliphatic carboxylic acids is 1. The lowest BCUT2D eigenvalue weighted by atomic mass is 10.0. The molecule has 8 heteroatoms. The second-order valence-electron chi connectivity index (χ2n) is 7.20. The van der Waals surface area contributed by atoms with Crippen molar-refractivity contribution in [3.05, 3.63) is 59.2 Å². The molecule has 2 aromatic heterocycles. The van der Waals surface area contributed by atoms with Crippen LogP contribution in [0.15, 0.2) is 48.7 Å². The lowest BCUT2D eigenvalue weighted by Gasteiger charge is -2.38. The summed E-state index contributed by atoms with van der Waals surface area (Å²) in [6.07, 6.45) is 1.79. The Bertz CT molecular complexity index is 1200. The number of piperazine rings is 1. The van der Waals surface area contributed by atoms with Gasteiger partial charge in [-0.15, -0.1) is 0 Å². The van der Waals surface area contributed by atoms with Crippen molar-refractivity contribution in [2.24, 2.45) is 0 Å². The number of rotatable bonds is 4. The molecule has 0 aliphatic carbocycles. The molecule has 5 rings (SSSR count). The number of H-pyrrole nitrogens is 1. The molecule has 2 aromatic carbocycles. The van der Waals surface area contributed by atoms with Gasteiger partial charge in [0.15, 0.2) is 0 Å². The van der Waals surface area contributed by atoms with E-state index in [1.807, 2.05) is 29.2 Å². The third-order valence-corrected chi connectivity index (χ3v) is 6.59. The zero-order chi connectivity index (χ0) is 20.0. The highest BCUT2D eigenvalue weighted by Crippen LogP contribution is 2.33. The SMILES string of the molecule is O=C(O)[C@H](c1c[nH]c2cc(Cl)ccc12)N1CCN(c2nsc3ccccc23)CC1. The number of benzene rings is 2. The number of nitrogens with one attached hydrogen (secondary N) is 1. The predicted molar refractivity (Wildman–Crippen MR) is 117 cm³/mol. The van der Waals surface area contributed by atoms with Crippen LogP contribution < -0.4 is 4.90 Å². The molecule has 0 radical (unpaired) electrons.